The van der Waals surface area contributed by atoms with Crippen molar-refractivity contribution < 1.29 is 9.60 Å². The number of hydrogen-bond acceptors (Lipinski definition) is 2. The molecule has 0 atom stereocenters. The van der Waals surface area contributed by atoms with Crippen molar-refractivity contribution in [3.63, 3.8) is 0 Å². The second-order valence-corrected chi connectivity index (χ2v) is 4.69. The summed E-state index contributed by atoms with van der Waals surface area (Å²) in [6.45, 7) is 5.97. The van der Waals surface area contributed by atoms with Gasteiger partial charge in [0.15, 0.2) is 5.17 Å². The molecule has 0 aromatic heterocycles. The molecule has 0 saturated carbocycles. The Bertz CT molecular complexity index is 396. The molecule has 82 valence electrons. The topological polar surface area (TPSA) is 32.6 Å². The van der Waals surface area contributed by atoms with E-state index in [-0.39, 0.29) is 16.1 Å². The first-order chi connectivity index (χ1) is 6.86. The lowest BCUT2D eigenvalue weighted by Crippen LogP contribution is -2.12. The van der Waals surface area contributed by atoms with Crippen LogP contribution in [0.1, 0.15) is 31.9 Å². The normalized spacial score (nSPS) is 13.0. The van der Waals surface area contributed by atoms with Gasteiger partial charge in [-0.15, -0.1) is 0 Å². The highest BCUT2D eigenvalue weighted by molar-refractivity contribution is 6.69. The minimum atomic E-state index is -0.481. The summed E-state index contributed by atoms with van der Waals surface area (Å²) in [6, 6.07) is 4.69. The highest BCUT2D eigenvalue weighted by Gasteiger charge is 2.16. The van der Waals surface area contributed by atoms with Gasteiger partial charge in [-0.05, 0) is 23.1 Å². The third-order valence-electron chi connectivity index (χ3n) is 2.15. The average Bonchev–Trinajstić information content (AvgIpc) is 2.15. The fourth-order valence-electron chi connectivity index (χ4n) is 1.20. The Morgan fingerprint density at radius 3 is 2.40 bits per heavy atom. The van der Waals surface area contributed by atoms with E-state index in [1.54, 1.807) is 6.07 Å². The molecule has 0 radical (unpaired) electrons. The van der Waals surface area contributed by atoms with Gasteiger partial charge in [-0.25, -0.2) is 4.39 Å². The quantitative estimate of drug-likeness (QED) is 0.446. The van der Waals surface area contributed by atoms with Crippen molar-refractivity contribution in [2.45, 2.75) is 26.2 Å². The van der Waals surface area contributed by atoms with Crippen LogP contribution in [-0.4, -0.2) is 10.4 Å². The van der Waals surface area contributed by atoms with Crippen LogP contribution in [0.3, 0.4) is 0 Å². The minimum absolute atomic E-state index is 0.104. The third kappa shape index (κ3) is 2.69. The SMILES string of the molecule is CC(C)(C)c1ccc(C(Cl)=NO)c(F)c1. The summed E-state index contributed by atoms with van der Waals surface area (Å²) in [4.78, 5) is 0. The molecule has 0 aliphatic heterocycles. The van der Waals surface area contributed by atoms with Crippen LogP contribution in [0.15, 0.2) is 23.4 Å². The van der Waals surface area contributed by atoms with Crippen molar-refractivity contribution in [3.05, 3.63) is 35.1 Å². The van der Waals surface area contributed by atoms with Crippen LogP contribution in [0.4, 0.5) is 4.39 Å². The summed E-state index contributed by atoms with van der Waals surface area (Å²) < 4.78 is 13.5. The van der Waals surface area contributed by atoms with E-state index in [0.717, 1.165) is 5.56 Å². The van der Waals surface area contributed by atoms with Crippen LogP contribution < -0.4 is 0 Å². The number of hydrogen-bond donors (Lipinski definition) is 1. The van der Waals surface area contributed by atoms with E-state index in [2.05, 4.69) is 5.16 Å². The molecule has 0 spiro atoms. The second kappa shape index (κ2) is 4.19. The Morgan fingerprint density at radius 2 is 2.00 bits per heavy atom. The Hall–Kier alpha value is -1.09. The van der Waals surface area contributed by atoms with E-state index in [1.807, 2.05) is 20.8 Å². The van der Waals surface area contributed by atoms with Crippen LogP contribution in [0.2, 0.25) is 0 Å². The van der Waals surface area contributed by atoms with E-state index in [1.165, 1.54) is 12.1 Å². The number of rotatable bonds is 1. The van der Waals surface area contributed by atoms with Gasteiger partial charge in [-0.1, -0.05) is 43.6 Å². The van der Waals surface area contributed by atoms with E-state index in [4.69, 9.17) is 16.8 Å². The molecule has 4 heteroatoms. The molecular weight excluding hydrogens is 217 g/mol. The van der Waals surface area contributed by atoms with Crippen molar-refractivity contribution in [2.24, 2.45) is 5.16 Å². The lowest BCUT2D eigenvalue weighted by molar-refractivity contribution is 0.320. The smallest absolute Gasteiger partial charge is 0.178 e. The molecule has 0 unspecified atom stereocenters. The largest absolute Gasteiger partial charge is 0.410 e. The van der Waals surface area contributed by atoms with E-state index in [0.29, 0.717) is 0 Å². The van der Waals surface area contributed by atoms with Gasteiger partial charge in [0.2, 0.25) is 0 Å². The predicted octanol–water partition coefficient (Wildman–Crippen LogP) is 3.50. The summed E-state index contributed by atoms with van der Waals surface area (Å²) in [5, 5.41) is 10.9. The first-order valence-electron chi connectivity index (χ1n) is 4.54. The van der Waals surface area contributed by atoms with Crippen LogP contribution >= 0.6 is 11.6 Å². The van der Waals surface area contributed by atoms with Gasteiger partial charge >= 0.3 is 0 Å². The molecule has 0 saturated heterocycles. The zero-order valence-electron chi connectivity index (χ0n) is 8.88. The van der Waals surface area contributed by atoms with E-state index < -0.39 is 5.82 Å². The van der Waals surface area contributed by atoms with Crippen LogP contribution in [-0.2, 0) is 5.41 Å². The number of benzene rings is 1. The number of nitrogens with zero attached hydrogens (tertiary/aromatic N) is 1. The maximum absolute atomic E-state index is 13.5. The summed E-state index contributed by atoms with van der Waals surface area (Å²) in [7, 11) is 0. The first kappa shape index (κ1) is 12.0. The highest BCUT2D eigenvalue weighted by atomic mass is 35.5. The molecule has 1 rings (SSSR count). The molecule has 0 fully saturated rings. The third-order valence-corrected chi connectivity index (χ3v) is 2.42. The molecule has 1 aromatic rings. The minimum Gasteiger partial charge on any atom is -0.410 e. The fourth-order valence-corrected chi connectivity index (χ4v) is 1.36. The molecule has 0 bridgehead atoms. The van der Waals surface area contributed by atoms with Gasteiger partial charge in [0.05, 0.1) is 5.56 Å². The first-order valence-corrected chi connectivity index (χ1v) is 4.92. The molecular formula is C11H13ClFNO. The Kier molecular flexibility index (Phi) is 3.35. The van der Waals surface area contributed by atoms with Crippen LogP contribution in [0.5, 0.6) is 0 Å². The summed E-state index contributed by atoms with van der Waals surface area (Å²) >= 11 is 5.52. The Labute approximate surface area is 93.4 Å². The Balaban J connectivity index is 3.21. The standard InChI is InChI=1S/C11H13ClFNO/c1-11(2,3)7-4-5-8(9(13)6-7)10(12)14-15/h4-6,15H,1-3H3. The summed E-state index contributed by atoms with van der Waals surface area (Å²) in [5.74, 6) is -0.481. The lowest BCUT2D eigenvalue weighted by atomic mass is 9.86. The van der Waals surface area contributed by atoms with Gasteiger partial charge in [0, 0.05) is 0 Å². The lowest BCUT2D eigenvalue weighted by Gasteiger charge is -2.19. The average molecular weight is 230 g/mol. The van der Waals surface area contributed by atoms with Gasteiger partial charge in [-0.2, -0.15) is 0 Å². The molecule has 0 aliphatic rings. The molecule has 0 heterocycles. The highest BCUT2D eigenvalue weighted by Crippen LogP contribution is 2.24. The molecule has 0 amide bonds. The Morgan fingerprint density at radius 1 is 1.40 bits per heavy atom. The summed E-state index contributed by atoms with van der Waals surface area (Å²) in [6.07, 6.45) is 0. The van der Waals surface area contributed by atoms with Crippen molar-refractivity contribution >= 4 is 16.8 Å². The predicted molar refractivity (Wildman–Crippen MR) is 59.3 cm³/mol. The van der Waals surface area contributed by atoms with Gasteiger partial charge in [0.1, 0.15) is 5.82 Å². The molecule has 1 N–H and O–H groups in total. The van der Waals surface area contributed by atoms with Crippen molar-refractivity contribution in [1.29, 1.82) is 0 Å². The molecule has 1 aromatic carbocycles. The summed E-state index contributed by atoms with van der Waals surface area (Å²) in [5.41, 5.74) is 0.848. The van der Waals surface area contributed by atoms with Crippen LogP contribution in [0, 0.1) is 5.82 Å². The molecule has 0 aliphatic carbocycles. The maximum Gasteiger partial charge on any atom is 0.178 e. The van der Waals surface area contributed by atoms with Crippen LogP contribution in [0.25, 0.3) is 0 Å². The maximum atomic E-state index is 13.5. The van der Waals surface area contributed by atoms with Crippen molar-refractivity contribution in [2.75, 3.05) is 0 Å². The van der Waals surface area contributed by atoms with Gasteiger partial charge in [0.25, 0.3) is 0 Å². The van der Waals surface area contributed by atoms with Gasteiger partial charge in [-0.3, -0.25) is 0 Å². The van der Waals surface area contributed by atoms with E-state index in [9.17, 15) is 4.39 Å². The zero-order valence-corrected chi connectivity index (χ0v) is 9.64. The zero-order chi connectivity index (χ0) is 11.6. The fraction of sp³-hybridized carbons (Fsp3) is 0.364. The van der Waals surface area contributed by atoms with Gasteiger partial charge < -0.3 is 5.21 Å². The molecule has 2 nitrogen and oxygen atoms in total. The number of halogens is 2. The van der Waals surface area contributed by atoms with Crippen molar-refractivity contribution in [1.82, 2.24) is 0 Å². The molecule has 15 heavy (non-hydrogen) atoms. The van der Waals surface area contributed by atoms with E-state index >= 15 is 0 Å². The second-order valence-electron chi connectivity index (χ2n) is 4.34. The monoisotopic (exact) mass is 229 g/mol. The van der Waals surface area contributed by atoms with Crippen molar-refractivity contribution in [3.8, 4) is 0 Å². The number of oxime groups is 1.